The Balaban J connectivity index is 1.51. The maximum atomic E-state index is 14.8. The zero-order valence-electron chi connectivity index (χ0n) is 20.9. The Bertz CT molecular complexity index is 1480. The van der Waals surface area contributed by atoms with Crippen LogP contribution in [-0.4, -0.2) is 73.1 Å². The van der Waals surface area contributed by atoms with Gasteiger partial charge in [0, 0.05) is 43.2 Å². The van der Waals surface area contributed by atoms with Crippen LogP contribution in [0.1, 0.15) is 27.2 Å². The quantitative estimate of drug-likeness (QED) is 0.418. The van der Waals surface area contributed by atoms with Crippen molar-refractivity contribution in [1.82, 2.24) is 34.5 Å². The smallest absolute Gasteiger partial charge is 0.258 e. The zero-order valence-corrected chi connectivity index (χ0v) is 20.9. The second kappa shape index (κ2) is 9.20. The predicted octanol–water partition coefficient (Wildman–Crippen LogP) is 3.61. The van der Waals surface area contributed by atoms with Crippen LogP contribution in [0, 0.1) is 11.2 Å². The molecule has 1 atom stereocenters. The largest absolute Gasteiger partial charge is 0.479 e. The highest BCUT2D eigenvalue weighted by Gasteiger charge is 2.37. The second-order valence-corrected chi connectivity index (χ2v) is 9.87. The summed E-state index contributed by atoms with van der Waals surface area (Å²) < 4.78 is 48.9. The molecule has 13 heteroatoms. The van der Waals surface area contributed by atoms with Crippen LogP contribution in [0.5, 0.6) is 5.88 Å². The van der Waals surface area contributed by atoms with Gasteiger partial charge in [0.05, 0.1) is 12.6 Å². The van der Waals surface area contributed by atoms with E-state index >= 15 is 0 Å². The van der Waals surface area contributed by atoms with Crippen LogP contribution in [0.15, 0.2) is 24.4 Å². The summed E-state index contributed by atoms with van der Waals surface area (Å²) in [5.74, 6) is -0.0176. The normalized spacial score (nSPS) is 17.6. The summed E-state index contributed by atoms with van der Waals surface area (Å²) in [4.78, 5) is 18.2. The maximum absolute atomic E-state index is 14.8. The van der Waals surface area contributed by atoms with E-state index in [1.165, 1.54) is 13.2 Å². The van der Waals surface area contributed by atoms with Gasteiger partial charge in [-0.1, -0.05) is 19.1 Å². The van der Waals surface area contributed by atoms with Crippen molar-refractivity contribution in [3.63, 3.8) is 0 Å². The molecule has 1 aliphatic rings. The van der Waals surface area contributed by atoms with Crippen LogP contribution >= 0.6 is 0 Å². The lowest BCUT2D eigenvalue weighted by Gasteiger charge is -2.44. The summed E-state index contributed by atoms with van der Waals surface area (Å²) in [7, 11) is 1.48. The number of nitrogens with zero attached hydrogens (tertiary/aromatic N) is 7. The van der Waals surface area contributed by atoms with Gasteiger partial charge in [-0.2, -0.15) is 4.98 Å². The van der Waals surface area contributed by atoms with Gasteiger partial charge in [-0.05, 0) is 30.2 Å². The van der Waals surface area contributed by atoms with Gasteiger partial charge in [0.25, 0.3) is 6.43 Å². The number of aromatic nitrogens is 6. The van der Waals surface area contributed by atoms with Crippen molar-refractivity contribution in [1.29, 1.82) is 0 Å². The first-order valence-electron chi connectivity index (χ1n) is 11.8. The first kappa shape index (κ1) is 24.8. The molecule has 10 nitrogen and oxygen atoms in total. The van der Waals surface area contributed by atoms with E-state index in [1.807, 2.05) is 4.90 Å². The number of ether oxygens (including phenoxy) is 1. The topological polar surface area (TPSA) is 102 Å². The molecule has 4 aromatic rings. The molecule has 0 bridgehead atoms. The first-order valence-corrected chi connectivity index (χ1v) is 11.8. The number of nitrogens with one attached hydrogen (secondary N) is 1. The van der Waals surface area contributed by atoms with Crippen LogP contribution in [0.4, 0.5) is 19.1 Å². The minimum absolute atomic E-state index is 0.0133. The number of anilines is 1. The summed E-state index contributed by atoms with van der Waals surface area (Å²) in [6, 6.07) is 4.58. The molecule has 1 fully saturated rings. The molecule has 1 aliphatic heterocycles. The Morgan fingerprint density at radius 1 is 1.32 bits per heavy atom. The molecule has 0 spiro atoms. The van der Waals surface area contributed by atoms with E-state index in [2.05, 4.69) is 39.6 Å². The van der Waals surface area contributed by atoms with Crippen LogP contribution in [0.2, 0.25) is 0 Å². The number of hydrogen-bond donors (Lipinski definition) is 1. The number of rotatable bonds is 6. The third kappa shape index (κ3) is 4.53. The van der Waals surface area contributed by atoms with E-state index < -0.39 is 18.8 Å². The Morgan fingerprint density at radius 2 is 2.11 bits per heavy atom. The lowest BCUT2D eigenvalue weighted by molar-refractivity contribution is -0.132. The summed E-state index contributed by atoms with van der Waals surface area (Å²) in [6.45, 7) is 6.29. The van der Waals surface area contributed by atoms with E-state index in [4.69, 9.17) is 4.74 Å². The molecule has 1 N–H and O–H groups in total. The van der Waals surface area contributed by atoms with Gasteiger partial charge in [0.2, 0.25) is 17.7 Å². The summed E-state index contributed by atoms with van der Waals surface area (Å²) in [5.41, 5.74) is 1.33. The second-order valence-electron chi connectivity index (χ2n) is 9.87. The lowest BCUT2D eigenvalue weighted by Crippen LogP contribution is -2.53. The number of hydrogen-bond acceptors (Lipinski definition) is 7. The van der Waals surface area contributed by atoms with E-state index in [1.54, 1.807) is 29.8 Å². The number of methoxy groups -OCH3 is 1. The number of carbonyl (C=O) groups excluding carboxylic acids is 1. The number of alkyl halides is 2. The van der Waals surface area contributed by atoms with Gasteiger partial charge < -0.3 is 15.0 Å². The average Bonchev–Trinajstić information content (AvgIpc) is 3.44. The third-order valence-corrected chi connectivity index (χ3v) is 6.85. The SMILES string of the molecule is COc1nc(N[C@H]2CCN(C(C)=O)CC2(C)C)nn2ccc(-c3cc(F)c4nnn(CC(F)F)c4c3)c12. The van der Waals surface area contributed by atoms with Gasteiger partial charge in [0.1, 0.15) is 17.6 Å². The standard InChI is InChI=1S/C24H27F3N8O2/c1-13(36)33-7-6-18(24(2,3)12-33)28-23-29-22(37-4)21-15(5-8-34(21)31-23)14-9-16(25)20-17(10-14)35(32-30-20)11-19(26)27/h5,8-10,18-19H,6-7,11-12H2,1-4H3,(H,28,31)/t18-/m0/s1. The molecule has 0 radical (unpaired) electrons. The van der Waals surface area contributed by atoms with E-state index in [9.17, 15) is 18.0 Å². The van der Waals surface area contributed by atoms with Gasteiger partial charge in [-0.15, -0.1) is 10.2 Å². The van der Waals surface area contributed by atoms with Gasteiger partial charge in [-0.3, -0.25) is 4.79 Å². The van der Waals surface area contributed by atoms with Crippen molar-refractivity contribution in [2.24, 2.45) is 5.41 Å². The fourth-order valence-electron chi connectivity index (χ4n) is 4.93. The minimum atomic E-state index is -2.66. The minimum Gasteiger partial charge on any atom is -0.479 e. The number of likely N-dealkylation sites (tertiary alicyclic amines) is 1. The maximum Gasteiger partial charge on any atom is 0.258 e. The molecule has 0 unspecified atom stereocenters. The Morgan fingerprint density at radius 3 is 2.78 bits per heavy atom. The molecule has 4 heterocycles. The molecular weight excluding hydrogens is 489 g/mol. The highest BCUT2D eigenvalue weighted by molar-refractivity contribution is 5.89. The number of halogens is 3. The number of fused-ring (bicyclic) bond motifs is 2. The highest BCUT2D eigenvalue weighted by atomic mass is 19.3. The molecule has 0 saturated carbocycles. The summed E-state index contributed by atoms with van der Waals surface area (Å²) >= 11 is 0. The van der Waals surface area contributed by atoms with Crippen LogP contribution in [-0.2, 0) is 11.3 Å². The highest BCUT2D eigenvalue weighted by Crippen LogP contribution is 2.35. The predicted molar refractivity (Wildman–Crippen MR) is 130 cm³/mol. The van der Waals surface area contributed by atoms with Crippen molar-refractivity contribution in [3.05, 3.63) is 30.2 Å². The number of piperidine rings is 1. The van der Waals surface area contributed by atoms with E-state index in [0.717, 1.165) is 11.1 Å². The van der Waals surface area contributed by atoms with Crippen LogP contribution in [0.3, 0.4) is 0 Å². The number of carbonyl (C=O) groups is 1. The number of amides is 1. The average molecular weight is 517 g/mol. The zero-order chi connectivity index (χ0) is 26.5. The summed E-state index contributed by atoms with van der Waals surface area (Å²) in [5, 5.41) is 15.3. The molecule has 1 saturated heterocycles. The van der Waals surface area contributed by atoms with Crippen molar-refractivity contribution in [2.45, 2.75) is 46.2 Å². The monoisotopic (exact) mass is 516 g/mol. The molecule has 5 rings (SSSR count). The van der Waals surface area contributed by atoms with Gasteiger partial charge in [0.15, 0.2) is 5.82 Å². The Hall–Kier alpha value is -3.90. The molecule has 37 heavy (non-hydrogen) atoms. The lowest BCUT2D eigenvalue weighted by atomic mass is 9.79. The Labute approximate surface area is 210 Å². The molecule has 1 aromatic carbocycles. The van der Waals surface area contributed by atoms with Crippen molar-refractivity contribution < 1.29 is 22.7 Å². The molecule has 3 aromatic heterocycles. The Kier molecular flexibility index (Phi) is 6.16. The molecule has 196 valence electrons. The van der Waals surface area contributed by atoms with Crippen molar-refractivity contribution in [3.8, 4) is 17.0 Å². The fourth-order valence-corrected chi connectivity index (χ4v) is 4.93. The fraction of sp³-hybridized carbons (Fsp3) is 0.458. The number of benzene rings is 1. The van der Waals surface area contributed by atoms with E-state index in [-0.39, 0.29) is 34.3 Å². The van der Waals surface area contributed by atoms with Crippen molar-refractivity contribution in [2.75, 3.05) is 25.5 Å². The van der Waals surface area contributed by atoms with Crippen LogP contribution < -0.4 is 10.1 Å². The van der Waals surface area contributed by atoms with Gasteiger partial charge >= 0.3 is 0 Å². The van der Waals surface area contributed by atoms with Crippen molar-refractivity contribution >= 4 is 28.4 Å². The molecular formula is C24H27F3N8O2. The van der Waals surface area contributed by atoms with Gasteiger partial charge in [-0.25, -0.2) is 22.4 Å². The molecule has 1 amide bonds. The van der Waals surface area contributed by atoms with E-state index in [0.29, 0.717) is 35.7 Å². The first-order chi connectivity index (χ1) is 17.6. The van der Waals surface area contributed by atoms with Crippen LogP contribution in [0.25, 0.3) is 27.7 Å². The summed E-state index contributed by atoms with van der Waals surface area (Å²) in [6.07, 6.45) is -0.237. The third-order valence-electron chi connectivity index (χ3n) is 6.85. The molecule has 0 aliphatic carbocycles.